The number of hydrogen-bond donors (Lipinski definition) is 0. The molecule has 116 valence electrons. The third kappa shape index (κ3) is 4.03. The van der Waals surface area contributed by atoms with Crippen LogP contribution in [0, 0.1) is 0 Å². The summed E-state index contributed by atoms with van der Waals surface area (Å²) >= 11 is 0. The van der Waals surface area contributed by atoms with Crippen molar-refractivity contribution in [3.05, 3.63) is 78.4 Å². The van der Waals surface area contributed by atoms with Crippen LogP contribution in [0.2, 0.25) is 0 Å². The van der Waals surface area contributed by atoms with E-state index in [0.717, 1.165) is 18.7 Å². The van der Waals surface area contributed by atoms with Crippen molar-refractivity contribution in [2.24, 2.45) is 5.10 Å². The molecule has 23 heavy (non-hydrogen) atoms. The van der Waals surface area contributed by atoms with Gasteiger partial charge < -0.3 is 4.90 Å². The molecule has 0 atom stereocenters. The standard InChI is InChI=1S/C18H19N5/c1-2-22(13-17-6-4-3-5-7-17)18-10-8-16(9-11-18)12-21-23-14-19-20-15-23/h3-12,14-15H,2,13H2,1H3/b21-12-. The molecule has 1 aromatic heterocycles. The summed E-state index contributed by atoms with van der Waals surface area (Å²) in [5.74, 6) is 0. The van der Waals surface area contributed by atoms with E-state index in [1.54, 1.807) is 23.5 Å². The molecule has 0 aliphatic carbocycles. The Morgan fingerprint density at radius 2 is 1.70 bits per heavy atom. The summed E-state index contributed by atoms with van der Waals surface area (Å²) in [5.41, 5.74) is 3.56. The Bertz CT molecular complexity index is 733. The van der Waals surface area contributed by atoms with Gasteiger partial charge in [0.15, 0.2) is 0 Å². The van der Waals surface area contributed by atoms with Gasteiger partial charge in [-0.2, -0.15) is 5.10 Å². The van der Waals surface area contributed by atoms with Crippen LogP contribution in [0.3, 0.4) is 0 Å². The van der Waals surface area contributed by atoms with E-state index in [4.69, 9.17) is 0 Å². The molecule has 0 N–H and O–H groups in total. The molecule has 0 radical (unpaired) electrons. The number of hydrogen-bond acceptors (Lipinski definition) is 4. The predicted molar refractivity (Wildman–Crippen MR) is 92.6 cm³/mol. The van der Waals surface area contributed by atoms with Crippen molar-refractivity contribution in [1.82, 2.24) is 14.9 Å². The molecule has 5 heteroatoms. The lowest BCUT2D eigenvalue weighted by molar-refractivity contribution is 0.832. The van der Waals surface area contributed by atoms with Crippen LogP contribution in [0.15, 0.2) is 72.4 Å². The van der Waals surface area contributed by atoms with Crippen LogP contribution in [0.1, 0.15) is 18.1 Å². The first-order chi connectivity index (χ1) is 11.3. The van der Waals surface area contributed by atoms with Crippen molar-refractivity contribution in [2.75, 3.05) is 11.4 Å². The van der Waals surface area contributed by atoms with Gasteiger partial charge in [0.1, 0.15) is 12.7 Å². The molecule has 0 fully saturated rings. The largest absolute Gasteiger partial charge is 0.367 e. The third-order valence-electron chi connectivity index (χ3n) is 3.60. The fourth-order valence-corrected chi connectivity index (χ4v) is 2.35. The molecule has 0 saturated heterocycles. The van der Waals surface area contributed by atoms with E-state index in [9.17, 15) is 0 Å². The van der Waals surface area contributed by atoms with Gasteiger partial charge in [-0.15, -0.1) is 10.2 Å². The lowest BCUT2D eigenvalue weighted by Crippen LogP contribution is -2.21. The predicted octanol–water partition coefficient (Wildman–Crippen LogP) is 3.19. The average Bonchev–Trinajstić information content (AvgIpc) is 3.13. The Morgan fingerprint density at radius 3 is 2.35 bits per heavy atom. The van der Waals surface area contributed by atoms with Crippen LogP contribution >= 0.6 is 0 Å². The lowest BCUT2D eigenvalue weighted by atomic mass is 10.1. The Morgan fingerprint density at radius 1 is 1.00 bits per heavy atom. The number of benzene rings is 2. The van der Waals surface area contributed by atoms with Crippen LogP contribution in [0.5, 0.6) is 0 Å². The highest BCUT2D eigenvalue weighted by Gasteiger charge is 2.04. The molecule has 0 spiro atoms. The van der Waals surface area contributed by atoms with Crippen molar-refractivity contribution in [3.8, 4) is 0 Å². The van der Waals surface area contributed by atoms with Crippen LogP contribution in [-0.4, -0.2) is 27.6 Å². The molecule has 2 aromatic carbocycles. The highest BCUT2D eigenvalue weighted by Crippen LogP contribution is 2.17. The van der Waals surface area contributed by atoms with Gasteiger partial charge in [-0.1, -0.05) is 42.5 Å². The first-order valence-corrected chi connectivity index (χ1v) is 7.63. The molecule has 3 aromatic rings. The van der Waals surface area contributed by atoms with Crippen molar-refractivity contribution < 1.29 is 0 Å². The fraction of sp³-hybridized carbons (Fsp3) is 0.167. The normalized spacial score (nSPS) is 11.0. The third-order valence-corrected chi connectivity index (χ3v) is 3.60. The number of aromatic nitrogens is 3. The maximum absolute atomic E-state index is 4.25. The van der Waals surface area contributed by atoms with E-state index >= 15 is 0 Å². The second-order valence-corrected chi connectivity index (χ2v) is 5.18. The van der Waals surface area contributed by atoms with Gasteiger partial charge in [-0.3, -0.25) is 0 Å². The average molecular weight is 305 g/mol. The fourth-order valence-electron chi connectivity index (χ4n) is 2.35. The number of anilines is 1. The summed E-state index contributed by atoms with van der Waals surface area (Å²) in [7, 11) is 0. The molecule has 0 aliphatic rings. The Hall–Kier alpha value is -2.95. The minimum absolute atomic E-state index is 0.908. The summed E-state index contributed by atoms with van der Waals surface area (Å²) in [6, 6.07) is 18.9. The molecular formula is C18H19N5. The quantitative estimate of drug-likeness (QED) is 0.657. The summed E-state index contributed by atoms with van der Waals surface area (Å²) in [4.78, 5) is 2.34. The van der Waals surface area contributed by atoms with Crippen LogP contribution in [-0.2, 0) is 6.54 Å². The molecule has 0 unspecified atom stereocenters. The summed E-state index contributed by atoms with van der Waals surface area (Å²) in [6.45, 7) is 4.04. The maximum Gasteiger partial charge on any atom is 0.141 e. The smallest absolute Gasteiger partial charge is 0.141 e. The molecule has 3 rings (SSSR count). The van der Waals surface area contributed by atoms with Gasteiger partial charge in [-0.05, 0) is 30.2 Å². The molecule has 0 saturated carbocycles. The van der Waals surface area contributed by atoms with Gasteiger partial charge in [0.2, 0.25) is 0 Å². The first kappa shape index (κ1) is 15.0. The second kappa shape index (κ2) is 7.35. The second-order valence-electron chi connectivity index (χ2n) is 5.18. The lowest BCUT2D eigenvalue weighted by Gasteiger charge is -2.23. The number of rotatable bonds is 6. The van der Waals surface area contributed by atoms with Crippen LogP contribution in [0.25, 0.3) is 0 Å². The molecule has 5 nitrogen and oxygen atoms in total. The van der Waals surface area contributed by atoms with E-state index in [-0.39, 0.29) is 0 Å². The highest BCUT2D eigenvalue weighted by molar-refractivity contribution is 5.80. The molecule has 0 amide bonds. The van der Waals surface area contributed by atoms with E-state index in [1.165, 1.54) is 11.3 Å². The Kier molecular flexibility index (Phi) is 4.79. The van der Waals surface area contributed by atoms with Crippen LogP contribution in [0.4, 0.5) is 5.69 Å². The first-order valence-electron chi connectivity index (χ1n) is 7.63. The zero-order valence-corrected chi connectivity index (χ0v) is 13.1. The van der Waals surface area contributed by atoms with E-state index < -0.39 is 0 Å². The van der Waals surface area contributed by atoms with Gasteiger partial charge in [0, 0.05) is 18.8 Å². The summed E-state index contributed by atoms with van der Waals surface area (Å²) in [6.07, 6.45) is 4.91. The number of nitrogens with zero attached hydrogens (tertiary/aromatic N) is 5. The summed E-state index contributed by atoms with van der Waals surface area (Å²) in [5, 5.41) is 11.7. The van der Waals surface area contributed by atoms with E-state index in [2.05, 4.69) is 75.7 Å². The summed E-state index contributed by atoms with van der Waals surface area (Å²) < 4.78 is 1.57. The topological polar surface area (TPSA) is 46.3 Å². The minimum atomic E-state index is 0.908. The van der Waals surface area contributed by atoms with Gasteiger partial charge in [-0.25, -0.2) is 4.68 Å². The van der Waals surface area contributed by atoms with Crippen LogP contribution < -0.4 is 4.90 Å². The van der Waals surface area contributed by atoms with Crippen molar-refractivity contribution >= 4 is 11.9 Å². The van der Waals surface area contributed by atoms with Crippen molar-refractivity contribution in [2.45, 2.75) is 13.5 Å². The molecule has 0 aliphatic heterocycles. The maximum atomic E-state index is 4.25. The van der Waals surface area contributed by atoms with E-state index in [1.807, 2.05) is 6.07 Å². The SMILES string of the molecule is CCN(Cc1ccccc1)c1ccc(/C=N\n2cnnc2)cc1. The Balaban J connectivity index is 1.70. The Labute approximate surface area is 135 Å². The van der Waals surface area contributed by atoms with E-state index in [0.29, 0.717) is 0 Å². The van der Waals surface area contributed by atoms with Crippen molar-refractivity contribution in [3.63, 3.8) is 0 Å². The highest BCUT2D eigenvalue weighted by atomic mass is 15.4. The van der Waals surface area contributed by atoms with Gasteiger partial charge >= 0.3 is 0 Å². The van der Waals surface area contributed by atoms with Crippen molar-refractivity contribution in [1.29, 1.82) is 0 Å². The minimum Gasteiger partial charge on any atom is -0.367 e. The van der Waals surface area contributed by atoms with Gasteiger partial charge in [0.25, 0.3) is 0 Å². The monoisotopic (exact) mass is 305 g/mol. The molecule has 0 bridgehead atoms. The molecular weight excluding hydrogens is 286 g/mol. The zero-order chi connectivity index (χ0) is 15.9. The van der Waals surface area contributed by atoms with Gasteiger partial charge in [0.05, 0.1) is 6.21 Å². The zero-order valence-electron chi connectivity index (χ0n) is 13.1. The molecule has 1 heterocycles.